The van der Waals surface area contributed by atoms with Crippen LogP contribution >= 0.6 is 11.3 Å². The van der Waals surface area contributed by atoms with Crippen LogP contribution in [0.1, 0.15) is 5.56 Å². The molecule has 0 spiro atoms. The van der Waals surface area contributed by atoms with Crippen molar-refractivity contribution in [3.05, 3.63) is 35.3 Å². The summed E-state index contributed by atoms with van der Waals surface area (Å²) in [5.41, 5.74) is 2.83. The Hall–Kier alpha value is -1.68. The van der Waals surface area contributed by atoms with E-state index in [4.69, 9.17) is 0 Å². The lowest BCUT2D eigenvalue weighted by Crippen LogP contribution is -2.03. The highest BCUT2D eigenvalue weighted by atomic mass is 32.1. The minimum atomic E-state index is 0.0510. The quantitative estimate of drug-likeness (QED) is 0.794. The second-order valence-corrected chi connectivity index (χ2v) is 4.38. The first kappa shape index (κ1) is 8.61. The maximum absolute atomic E-state index is 11.2. The Morgan fingerprint density at radius 1 is 1.47 bits per heavy atom. The zero-order chi connectivity index (χ0) is 10.3. The fourth-order valence-electron chi connectivity index (χ4n) is 1.68. The van der Waals surface area contributed by atoms with Crippen LogP contribution in [-0.4, -0.2) is 10.9 Å². The first-order valence-electron chi connectivity index (χ1n) is 4.65. The van der Waals surface area contributed by atoms with Crippen LogP contribution in [0.5, 0.6) is 0 Å². The van der Waals surface area contributed by atoms with E-state index in [-0.39, 0.29) is 5.91 Å². The first-order valence-corrected chi connectivity index (χ1v) is 5.53. The second kappa shape index (κ2) is 3.17. The highest BCUT2D eigenvalue weighted by Crippen LogP contribution is 2.28. The predicted molar refractivity (Wildman–Crippen MR) is 59.9 cm³/mol. The summed E-state index contributed by atoms with van der Waals surface area (Å²) in [7, 11) is 0. The summed E-state index contributed by atoms with van der Waals surface area (Å²) < 4.78 is 0. The normalized spacial score (nSPS) is 13.7. The van der Waals surface area contributed by atoms with Gasteiger partial charge in [0.15, 0.2) is 0 Å². The number of thiophene rings is 1. The maximum Gasteiger partial charge on any atom is 0.228 e. The van der Waals surface area contributed by atoms with Crippen molar-refractivity contribution in [1.29, 1.82) is 0 Å². The van der Waals surface area contributed by atoms with Gasteiger partial charge in [0, 0.05) is 0 Å². The number of hydrogen-bond donors (Lipinski definition) is 1. The van der Waals surface area contributed by atoms with Crippen LogP contribution in [0.4, 0.5) is 5.69 Å². The molecule has 1 amide bonds. The predicted octanol–water partition coefficient (Wildman–Crippen LogP) is 2.30. The van der Waals surface area contributed by atoms with E-state index >= 15 is 0 Å². The van der Waals surface area contributed by atoms with Gasteiger partial charge >= 0.3 is 0 Å². The molecule has 0 aromatic carbocycles. The molecule has 15 heavy (non-hydrogen) atoms. The summed E-state index contributed by atoms with van der Waals surface area (Å²) in [5.74, 6) is 0.0510. The number of nitrogens with one attached hydrogen (secondary N) is 1. The van der Waals surface area contributed by atoms with Crippen LogP contribution in [0.2, 0.25) is 0 Å². The number of pyridine rings is 1. The Labute approximate surface area is 90.8 Å². The minimum Gasteiger partial charge on any atom is -0.324 e. The summed E-state index contributed by atoms with van der Waals surface area (Å²) >= 11 is 1.65. The lowest BCUT2D eigenvalue weighted by atomic mass is 10.1. The molecule has 2 aromatic heterocycles. The Bertz CT molecular complexity index is 519. The number of aromatic nitrogens is 1. The van der Waals surface area contributed by atoms with Crippen LogP contribution in [0.25, 0.3) is 10.6 Å². The van der Waals surface area contributed by atoms with Gasteiger partial charge in [0.2, 0.25) is 5.91 Å². The highest BCUT2D eigenvalue weighted by molar-refractivity contribution is 7.13. The van der Waals surface area contributed by atoms with E-state index in [1.165, 1.54) is 0 Å². The van der Waals surface area contributed by atoms with Crippen LogP contribution in [0.3, 0.4) is 0 Å². The van der Waals surface area contributed by atoms with E-state index < -0.39 is 0 Å². The molecular formula is C11H8N2OS. The Morgan fingerprint density at radius 3 is 3.20 bits per heavy atom. The molecule has 1 aliphatic rings. The van der Waals surface area contributed by atoms with Gasteiger partial charge in [-0.3, -0.25) is 9.78 Å². The van der Waals surface area contributed by atoms with Crippen molar-refractivity contribution in [2.75, 3.05) is 5.32 Å². The standard InChI is InChI=1S/C11H8N2OS/c14-11-5-7-4-8(10-2-1-3-15-10)12-6-9(7)13-11/h1-4,6H,5H2,(H,13,14). The number of nitrogens with zero attached hydrogens (tertiary/aromatic N) is 1. The van der Waals surface area contributed by atoms with E-state index in [0.29, 0.717) is 6.42 Å². The summed E-state index contributed by atoms with van der Waals surface area (Å²) in [4.78, 5) is 16.6. The van der Waals surface area contributed by atoms with Crippen LogP contribution in [0, 0.1) is 0 Å². The molecule has 0 unspecified atom stereocenters. The molecule has 0 bridgehead atoms. The first-order chi connectivity index (χ1) is 7.33. The molecule has 0 saturated carbocycles. The van der Waals surface area contributed by atoms with Crippen molar-refractivity contribution in [1.82, 2.24) is 4.98 Å². The highest BCUT2D eigenvalue weighted by Gasteiger charge is 2.18. The number of carbonyl (C=O) groups excluding carboxylic acids is 1. The third-order valence-corrected chi connectivity index (χ3v) is 3.28. The lowest BCUT2D eigenvalue weighted by molar-refractivity contribution is -0.115. The number of hydrogen-bond acceptors (Lipinski definition) is 3. The van der Waals surface area contributed by atoms with Crippen molar-refractivity contribution >= 4 is 22.9 Å². The molecule has 2 aromatic rings. The van der Waals surface area contributed by atoms with Gasteiger partial charge in [-0.2, -0.15) is 0 Å². The van der Waals surface area contributed by atoms with Gasteiger partial charge < -0.3 is 5.32 Å². The molecule has 3 rings (SSSR count). The molecule has 0 aliphatic carbocycles. The third-order valence-electron chi connectivity index (χ3n) is 2.39. The van der Waals surface area contributed by atoms with Crippen LogP contribution in [-0.2, 0) is 11.2 Å². The van der Waals surface area contributed by atoms with Gasteiger partial charge in [-0.25, -0.2) is 0 Å². The minimum absolute atomic E-state index is 0.0510. The maximum atomic E-state index is 11.2. The largest absolute Gasteiger partial charge is 0.324 e. The van der Waals surface area contributed by atoms with Gasteiger partial charge in [0.1, 0.15) is 0 Å². The van der Waals surface area contributed by atoms with E-state index in [1.54, 1.807) is 17.5 Å². The fourth-order valence-corrected chi connectivity index (χ4v) is 2.38. The number of rotatable bonds is 1. The topological polar surface area (TPSA) is 42.0 Å². The Balaban J connectivity index is 2.07. The number of carbonyl (C=O) groups is 1. The molecule has 4 heteroatoms. The summed E-state index contributed by atoms with van der Waals surface area (Å²) in [6, 6.07) is 6.01. The van der Waals surface area contributed by atoms with Crippen molar-refractivity contribution in [2.45, 2.75) is 6.42 Å². The van der Waals surface area contributed by atoms with Gasteiger partial charge in [0.05, 0.1) is 28.9 Å². The molecule has 0 atom stereocenters. The molecule has 74 valence electrons. The number of anilines is 1. The summed E-state index contributed by atoms with van der Waals surface area (Å²) in [6.45, 7) is 0. The average Bonchev–Trinajstić information content (AvgIpc) is 2.82. The zero-order valence-electron chi connectivity index (χ0n) is 7.86. The molecule has 0 saturated heterocycles. The Kier molecular flexibility index (Phi) is 1.82. The number of amides is 1. The van der Waals surface area contributed by atoms with Crippen molar-refractivity contribution in [2.24, 2.45) is 0 Å². The molecule has 1 N–H and O–H groups in total. The van der Waals surface area contributed by atoms with Crippen molar-refractivity contribution < 1.29 is 4.79 Å². The SMILES string of the molecule is O=C1Cc2cc(-c3cccs3)ncc2N1. The monoisotopic (exact) mass is 216 g/mol. The molecule has 0 radical (unpaired) electrons. The smallest absolute Gasteiger partial charge is 0.228 e. The van der Waals surface area contributed by atoms with Crippen molar-refractivity contribution in [3.63, 3.8) is 0 Å². The summed E-state index contributed by atoms with van der Waals surface area (Å²) in [5, 5.41) is 4.79. The molecule has 3 heterocycles. The van der Waals surface area contributed by atoms with Gasteiger partial charge in [-0.05, 0) is 23.1 Å². The van der Waals surface area contributed by atoms with Crippen LogP contribution in [0.15, 0.2) is 29.8 Å². The molecule has 1 aliphatic heterocycles. The third kappa shape index (κ3) is 1.43. The second-order valence-electron chi connectivity index (χ2n) is 3.43. The average molecular weight is 216 g/mol. The van der Waals surface area contributed by atoms with Gasteiger partial charge in [-0.1, -0.05) is 6.07 Å². The Morgan fingerprint density at radius 2 is 2.40 bits per heavy atom. The van der Waals surface area contributed by atoms with E-state index in [0.717, 1.165) is 21.8 Å². The van der Waals surface area contributed by atoms with Crippen LogP contribution < -0.4 is 5.32 Å². The summed E-state index contributed by atoms with van der Waals surface area (Å²) in [6.07, 6.45) is 2.20. The molecule has 0 fully saturated rings. The van der Waals surface area contributed by atoms with Gasteiger partial charge in [0.25, 0.3) is 0 Å². The molecule has 3 nitrogen and oxygen atoms in total. The van der Waals surface area contributed by atoms with Gasteiger partial charge in [-0.15, -0.1) is 11.3 Å². The van der Waals surface area contributed by atoms with Crippen molar-refractivity contribution in [3.8, 4) is 10.6 Å². The fraction of sp³-hybridized carbons (Fsp3) is 0.0909. The number of fused-ring (bicyclic) bond motifs is 1. The lowest BCUT2D eigenvalue weighted by Gasteiger charge is -2.00. The van der Waals surface area contributed by atoms with E-state index in [9.17, 15) is 4.79 Å². The van der Waals surface area contributed by atoms with E-state index in [1.807, 2.05) is 23.6 Å². The molecular weight excluding hydrogens is 208 g/mol. The van der Waals surface area contributed by atoms with E-state index in [2.05, 4.69) is 10.3 Å². The zero-order valence-corrected chi connectivity index (χ0v) is 8.67.